The number of aldehydes is 1. The average Bonchev–Trinajstić information content (AvgIpc) is 3.15. The van der Waals surface area contributed by atoms with Crippen molar-refractivity contribution in [3.8, 4) is 0 Å². The van der Waals surface area contributed by atoms with Crippen LogP contribution in [0, 0.1) is 0 Å². The molecule has 4 N–H and O–H groups in total. The summed E-state index contributed by atoms with van der Waals surface area (Å²) < 4.78 is 0. The van der Waals surface area contributed by atoms with E-state index in [0.29, 0.717) is 5.57 Å². The van der Waals surface area contributed by atoms with Gasteiger partial charge in [-0.15, -0.1) is 0 Å². The van der Waals surface area contributed by atoms with Gasteiger partial charge in [-0.2, -0.15) is 0 Å². The van der Waals surface area contributed by atoms with Crippen molar-refractivity contribution in [1.29, 1.82) is 0 Å². The number of nitrogen functional groups attached to an aromatic ring is 1. The van der Waals surface area contributed by atoms with E-state index in [1.807, 2.05) is 78.9 Å². The average molecular weight is 669 g/mol. The van der Waals surface area contributed by atoms with Crippen LogP contribution >= 0.6 is 0 Å². The molecule has 1 atom stereocenters. The number of rotatable bonds is 10. The summed E-state index contributed by atoms with van der Waals surface area (Å²) in [5, 5.41) is 2.22. The third-order valence-electron chi connectivity index (χ3n) is 7.44. The second kappa shape index (κ2) is 22.4. The molecule has 3 heteroatoms. The van der Waals surface area contributed by atoms with Crippen LogP contribution in [0.25, 0.3) is 37.0 Å². The molecule has 256 valence electrons. The molecule has 0 saturated heterocycles. The number of anilines is 1. The third kappa shape index (κ3) is 15.2. The number of hydrogen-bond acceptors (Lipinski definition) is 3. The molecule has 0 aliphatic heterocycles. The number of allylic oxidation sites excluding steroid dienone is 10. The first-order valence-corrected chi connectivity index (χ1v) is 16.8. The molecule has 4 aromatic carbocycles. The van der Waals surface area contributed by atoms with Crippen LogP contribution in [0.15, 0.2) is 188 Å². The van der Waals surface area contributed by atoms with E-state index in [4.69, 9.17) is 11.5 Å². The van der Waals surface area contributed by atoms with E-state index in [-0.39, 0.29) is 6.04 Å². The second-order valence-electron chi connectivity index (χ2n) is 11.7. The lowest BCUT2D eigenvalue weighted by atomic mass is 9.96. The lowest BCUT2D eigenvalue weighted by Crippen LogP contribution is -2.21. The normalized spacial score (nSPS) is 14.5. The van der Waals surface area contributed by atoms with Crippen molar-refractivity contribution in [2.75, 3.05) is 5.73 Å². The summed E-state index contributed by atoms with van der Waals surface area (Å²) in [6.07, 6.45) is 30.5. The highest BCUT2D eigenvalue weighted by molar-refractivity contribution is 5.70. The van der Waals surface area contributed by atoms with E-state index >= 15 is 0 Å². The Hall–Kier alpha value is -6.29. The molecule has 5 rings (SSSR count). The van der Waals surface area contributed by atoms with Gasteiger partial charge in [0, 0.05) is 11.7 Å². The number of hydrogen-bond donors (Lipinski definition) is 2. The first-order chi connectivity index (χ1) is 24.8. The molecule has 0 aromatic heterocycles. The van der Waals surface area contributed by atoms with Gasteiger partial charge in [0.2, 0.25) is 0 Å². The van der Waals surface area contributed by atoms with Gasteiger partial charge in [-0.1, -0.05) is 196 Å². The summed E-state index contributed by atoms with van der Waals surface area (Å²) in [6.45, 7) is 12.7. The Morgan fingerprint density at radius 3 is 1.98 bits per heavy atom. The molecule has 1 aliphatic rings. The quantitative estimate of drug-likeness (QED) is 0.0765. The lowest BCUT2D eigenvalue weighted by molar-refractivity contribution is -0.104. The van der Waals surface area contributed by atoms with Crippen LogP contribution in [0.3, 0.4) is 0 Å². The predicted molar refractivity (Wildman–Crippen MR) is 225 cm³/mol. The van der Waals surface area contributed by atoms with E-state index in [9.17, 15) is 4.79 Å². The zero-order valence-electron chi connectivity index (χ0n) is 29.4. The van der Waals surface area contributed by atoms with Crippen LogP contribution in [0.5, 0.6) is 0 Å². The van der Waals surface area contributed by atoms with Crippen molar-refractivity contribution in [2.24, 2.45) is 5.73 Å². The largest absolute Gasteiger partial charge is 0.399 e. The van der Waals surface area contributed by atoms with Crippen LogP contribution in [0.2, 0.25) is 0 Å². The van der Waals surface area contributed by atoms with Crippen LogP contribution in [0.1, 0.15) is 35.6 Å². The van der Waals surface area contributed by atoms with Crippen molar-refractivity contribution in [3.63, 3.8) is 0 Å². The van der Waals surface area contributed by atoms with Crippen LogP contribution < -0.4 is 21.9 Å². The SMILES string of the molecule is C=C(C)C=O.C=C/C=C\c1ccccc1/C=C/C=C(\C=C/c1ccc(N)cc1)C1=CCC(N)C=C1.C=c1cccc/c1=C/C=C\c1ccccc1. The molecule has 1 unspecified atom stereocenters. The molecule has 0 fully saturated rings. The fraction of sp³-hybridized carbons (Fsp3) is 0.0625. The minimum atomic E-state index is 0.0927. The minimum absolute atomic E-state index is 0.0927. The standard InChI is InChI=1S/C28H28N2.C16H14.C4H6O/c1-2-3-7-23-8-4-5-9-24(23)10-6-11-25(26-16-20-28(30)21-17-26)15-12-22-13-18-27(29)19-14-22;1-14-8-5-6-12-16(14)13-7-11-15-9-3-2-4-10-15;1-4(2)3-5/h2-20,28H,1,21,29-30H2;2-13H,1H2;3H,1H2,2H3/b7-3-,10-6+,15-12-,25-11+;11-7-,16-13-;. The van der Waals surface area contributed by atoms with Gasteiger partial charge in [0.15, 0.2) is 0 Å². The Kier molecular flexibility index (Phi) is 17.2. The molecular weight excluding hydrogens is 621 g/mol. The molecule has 0 radical (unpaired) electrons. The van der Waals surface area contributed by atoms with Gasteiger partial charge >= 0.3 is 0 Å². The number of carbonyl (C=O) groups is 1. The highest BCUT2D eigenvalue weighted by atomic mass is 16.1. The van der Waals surface area contributed by atoms with E-state index in [2.05, 4.69) is 123 Å². The second-order valence-corrected chi connectivity index (χ2v) is 11.7. The highest BCUT2D eigenvalue weighted by Crippen LogP contribution is 2.21. The van der Waals surface area contributed by atoms with Gasteiger partial charge in [-0.05, 0) is 74.9 Å². The van der Waals surface area contributed by atoms with Crippen LogP contribution in [-0.4, -0.2) is 12.3 Å². The fourth-order valence-corrected chi connectivity index (χ4v) is 4.66. The van der Waals surface area contributed by atoms with E-state index in [1.54, 1.807) is 13.0 Å². The zero-order valence-corrected chi connectivity index (χ0v) is 29.4. The molecular formula is C48H48N2O. The lowest BCUT2D eigenvalue weighted by Gasteiger charge is -2.12. The maximum atomic E-state index is 9.41. The summed E-state index contributed by atoms with van der Waals surface area (Å²) in [7, 11) is 0. The maximum absolute atomic E-state index is 9.41. The van der Waals surface area contributed by atoms with Crippen molar-refractivity contribution >= 4 is 48.9 Å². The Morgan fingerprint density at radius 1 is 0.765 bits per heavy atom. The van der Waals surface area contributed by atoms with Gasteiger partial charge in [-0.25, -0.2) is 0 Å². The molecule has 4 aromatic rings. The number of carbonyl (C=O) groups excluding carboxylic acids is 1. The Bertz CT molecular complexity index is 2050. The third-order valence-corrected chi connectivity index (χ3v) is 7.44. The van der Waals surface area contributed by atoms with Gasteiger partial charge in [0.25, 0.3) is 0 Å². The monoisotopic (exact) mass is 668 g/mol. The smallest absolute Gasteiger partial charge is 0.145 e. The predicted octanol–water partition coefficient (Wildman–Crippen LogP) is 9.69. The van der Waals surface area contributed by atoms with Gasteiger partial charge in [0.1, 0.15) is 6.29 Å². The topological polar surface area (TPSA) is 69.1 Å². The van der Waals surface area contributed by atoms with E-state index in [0.717, 1.165) is 51.1 Å². The molecule has 0 amide bonds. The summed E-state index contributed by atoms with van der Waals surface area (Å²) in [4.78, 5) is 9.41. The Labute approximate surface area is 304 Å². The van der Waals surface area contributed by atoms with Crippen molar-refractivity contribution < 1.29 is 4.79 Å². The number of nitrogens with two attached hydrogens (primary N) is 2. The first-order valence-electron chi connectivity index (χ1n) is 16.8. The highest BCUT2D eigenvalue weighted by Gasteiger charge is 2.06. The maximum Gasteiger partial charge on any atom is 0.145 e. The van der Waals surface area contributed by atoms with E-state index in [1.165, 1.54) is 11.1 Å². The zero-order chi connectivity index (χ0) is 36.7. The van der Waals surface area contributed by atoms with Crippen LogP contribution in [0.4, 0.5) is 5.69 Å². The summed E-state index contributed by atoms with van der Waals surface area (Å²) in [6, 6.07) is 34.6. The molecule has 0 bridgehead atoms. The fourth-order valence-electron chi connectivity index (χ4n) is 4.66. The molecule has 0 saturated carbocycles. The van der Waals surface area contributed by atoms with Crippen molar-refractivity contribution in [1.82, 2.24) is 0 Å². The Morgan fingerprint density at radius 2 is 1.37 bits per heavy atom. The van der Waals surface area contributed by atoms with Gasteiger partial charge in [0.05, 0.1) is 0 Å². The van der Waals surface area contributed by atoms with Crippen molar-refractivity contribution in [2.45, 2.75) is 19.4 Å². The first kappa shape index (κ1) is 39.2. The van der Waals surface area contributed by atoms with Crippen molar-refractivity contribution in [3.05, 3.63) is 220 Å². The number of benzene rings is 4. The Balaban J connectivity index is 0.000000278. The van der Waals surface area contributed by atoms with Gasteiger partial charge in [-0.3, -0.25) is 4.79 Å². The van der Waals surface area contributed by atoms with Crippen LogP contribution in [-0.2, 0) is 4.79 Å². The summed E-state index contributed by atoms with van der Waals surface area (Å²) >= 11 is 0. The summed E-state index contributed by atoms with van der Waals surface area (Å²) in [5.41, 5.74) is 20.1. The summed E-state index contributed by atoms with van der Waals surface area (Å²) in [5.74, 6) is 0. The minimum Gasteiger partial charge on any atom is -0.399 e. The molecule has 1 aliphatic carbocycles. The molecule has 0 spiro atoms. The molecule has 3 nitrogen and oxygen atoms in total. The molecule has 0 heterocycles. The molecule has 51 heavy (non-hydrogen) atoms. The van der Waals surface area contributed by atoms with E-state index < -0.39 is 0 Å². The van der Waals surface area contributed by atoms with Gasteiger partial charge < -0.3 is 11.5 Å².